The van der Waals surface area contributed by atoms with Crippen molar-refractivity contribution in [3.63, 3.8) is 0 Å². The van der Waals surface area contributed by atoms with E-state index in [0.29, 0.717) is 5.41 Å². The summed E-state index contributed by atoms with van der Waals surface area (Å²) in [7, 11) is 0. The van der Waals surface area contributed by atoms with E-state index in [0.717, 1.165) is 5.92 Å². The lowest BCUT2D eigenvalue weighted by atomic mass is 9.69. The van der Waals surface area contributed by atoms with Crippen LogP contribution in [-0.2, 0) is 0 Å². The summed E-state index contributed by atoms with van der Waals surface area (Å²) >= 11 is 0. The van der Waals surface area contributed by atoms with Gasteiger partial charge < -0.3 is 0 Å². The third-order valence-electron chi connectivity index (χ3n) is 4.37. The zero-order chi connectivity index (χ0) is 11.1. The maximum absolute atomic E-state index is 2.53. The second-order valence-electron chi connectivity index (χ2n) is 6.16. The van der Waals surface area contributed by atoms with Crippen molar-refractivity contribution < 1.29 is 0 Å². The molecule has 0 unspecified atom stereocenters. The molecule has 0 aromatic heterocycles. The second kappa shape index (κ2) is 6.55. The molecule has 1 rings (SSSR count). The van der Waals surface area contributed by atoms with Gasteiger partial charge >= 0.3 is 0 Å². The summed E-state index contributed by atoms with van der Waals surface area (Å²) in [5.41, 5.74) is 0.707. The standard InChI is InChI=1S/C15H30/c1-4-5-6-7-8-11-15(3)12-9-14(2)10-13-15/h14H,4-13H2,1-3H3. The van der Waals surface area contributed by atoms with Gasteiger partial charge in [-0.2, -0.15) is 0 Å². The summed E-state index contributed by atoms with van der Waals surface area (Å²) in [6.07, 6.45) is 14.6. The van der Waals surface area contributed by atoms with Crippen LogP contribution >= 0.6 is 0 Å². The molecular formula is C15H30. The van der Waals surface area contributed by atoms with Crippen molar-refractivity contribution in [1.29, 1.82) is 0 Å². The molecular weight excluding hydrogens is 180 g/mol. The molecule has 0 atom stereocenters. The van der Waals surface area contributed by atoms with Crippen LogP contribution in [0.3, 0.4) is 0 Å². The van der Waals surface area contributed by atoms with Crippen LogP contribution in [0.2, 0.25) is 0 Å². The van der Waals surface area contributed by atoms with E-state index in [1.165, 1.54) is 64.2 Å². The molecule has 0 N–H and O–H groups in total. The zero-order valence-corrected chi connectivity index (χ0v) is 11.1. The summed E-state index contributed by atoms with van der Waals surface area (Å²) in [6, 6.07) is 0. The van der Waals surface area contributed by atoms with Crippen molar-refractivity contribution >= 4 is 0 Å². The van der Waals surface area contributed by atoms with Crippen molar-refractivity contribution in [2.45, 2.75) is 85.0 Å². The topological polar surface area (TPSA) is 0 Å². The summed E-state index contributed by atoms with van der Waals surface area (Å²) < 4.78 is 0. The van der Waals surface area contributed by atoms with Crippen LogP contribution in [0.25, 0.3) is 0 Å². The molecule has 15 heavy (non-hydrogen) atoms. The van der Waals surface area contributed by atoms with Gasteiger partial charge in [0.25, 0.3) is 0 Å². The number of hydrogen-bond donors (Lipinski definition) is 0. The maximum atomic E-state index is 2.53. The Balaban J connectivity index is 2.08. The van der Waals surface area contributed by atoms with Crippen LogP contribution in [0.1, 0.15) is 85.0 Å². The Morgan fingerprint density at radius 2 is 1.60 bits per heavy atom. The lowest BCUT2D eigenvalue weighted by Gasteiger charge is -2.36. The molecule has 0 heterocycles. The van der Waals surface area contributed by atoms with Gasteiger partial charge in [-0.05, 0) is 30.6 Å². The molecule has 0 bridgehead atoms. The third kappa shape index (κ3) is 5.04. The lowest BCUT2D eigenvalue weighted by molar-refractivity contribution is 0.160. The van der Waals surface area contributed by atoms with Gasteiger partial charge in [0.05, 0.1) is 0 Å². The normalized spacial score (nSPS) is 31.8. The molecule has 1 aliphatic carbocycles. The van der Waals surface area contributed by atoms with Gasteiger partial charge in [0.1, 0.15) is 0 Å². The van der Waals surface area contributed by atoms with Crippen LogP contribution in [0.15, 0.2) is 0 Å². The van der Waals surface area contributed by atoms with Gasteiger partial charge in [-0.15, -0.1) is 0 Å². The molecule has 0 spiro atoms. The Morgan fingerprint density at radius 3 is 2.20 bits per heavy atom. The number of unbranched alkanes of at least 4 members (excludes halogenated alkanes) is 4. The van der Waals surface area contributed by atoms with E-state index < -0.39 is 0 Å². The molecule has 0 aromatic rings. The molecule has 1 aliphatic rings. The van der Waals surface area contributed by atoms with Crippen molar-refractivity contribution in [2.24, 2.45) is 11.3 Å². The molecule has 90 valence electrons. The lowest BCUT2D eigenvalue weighted by Crippen LogP contribution is -2.23. The van der Waals surface area contributed by atoms with E-state index in [-0.39, 0.29) is 0 Å². The largest absolute Gasteiger partial charge is 0.0654 e. The highest BCUT2D eigenvalue weighted by molar-refractivity contribution is 4.80. The first kappa shape index (κ1) is 13.1. The van der Waals surface area contributed by atoms with Gasteiger partial charge in [0.15, 0.2) is 0 Å². The summed E-state index contributed by atoms with van der Waals surface area (Å²) in [6.45, 7) is 7.24. The van der Waals surface area contributed by atoms with E-state index in [2.05, 4.69) is 20.8 Å². The fourth-order valence-electron chi connectivity index (χ4n) is 2.86. The summed E-state index contributed by atoms with van der Waals surface area (Å²) in [4.78, 5) is 0. The Hall–Kier alpha value is 0. The van der Waals surface area contributed by atoms with Crippen molar-refractivity contribution in [2.75, 3.05) is 0 Å². The Labute approximate surface area is 96.8 Å². The van der Waals surface area contributed by atoms with Gasteiger partial charge in [-0.25, -0.2) is 0 Å². The molecule has 1 saturated carbocycles. The van der Waals surface area contributed by atoms with Crippen molar-refractivity contribution in [3.05, 3.63) is 0 Å². The smallest absolute Gasteiger partial charge is 0.0326 e. The second-order valence-corrected chi connectivity index (χ2v) is 6.16. The highest BCUT2D eigenvalue weighted by atomic mass is 14.3. The van der Waals surface area contributed by atoms with Gasteiger partial charge in [0, 0.05) is 0 Å². The Kier molecular flexibility index (Phi) is 5.71. The molecule has 0 saturated heterocycles. The van der Waals surface area contributed by atoms with E-state index in [1.807, 2.05) is 0 Å². The predicted molar refractivity (Wildman–Crippen MR) is 69.1 cm³/mol. The highest BCUT2D eigenvalue weighted by Crippen LogP contribution is 2.42. The molecule has 0 amide bonds. The first-order valence-corrected chi connectivity index (χ1v) is 7.16. The molecule has 1 fully saturated rings. The average molecular weight is 210 g/mol. The van der Waals surface area contributed by atoms with Gasteiger partial charge in [0.2, 0.25) is 0 Å². The fourth-order valence-corrected chi connectivity index (χ4v) is 2.86. The Bertz CT molecular complexity index is 151. The minimum Gasteiger partial charge on any atom is -0.0654 e. The SMILES string of the molecule is CCCCCCCC1(C)CCC(C)CC1. The average Bonchev–Trinajstić information content (AvgIpc) is 2.23. The van der Waals surface area contributed by atoms with E-state index in [9.17, 15) is 0 Å². The summed E-state index contributed by atoms with van der Waals surface area (Å²) in [5, 5.41) is 0. The molecule has 0 heteroatoms. The van der Waals surface area contributed by atoms with Gasteiger partial charge in [-0.1, -0.05) is 65.7 Å². The minimum atomic E-state index is 0.707. The highest BCUT2D eigenvalue weighted by Gasteiger charge is 2.28. The quantitative estimate of drug-likeness (QED) is 0.503. The van der Waals surface area contributed by atoms with E-state index in [1.54, 1.807) is 0 Å². The molecule has 0 nitrogen and oxygen atoms in total. The first-order valence-electron chi connectivity index (χ1n) is 7.16. The molecule has 0 aromatic carbocycles. The van der Waals surface area contributed by atoms with E-state index >= 15 is 0 Å². The minimum absolute atomic E-state index is 0.707. The molecule has 0 aliphatic heterocycles. The Morgan fingerprint density at radius 1 is 1.00 bits per heavy atom. The van der Waals surface area contributed by atoms with Crippen LogP contribution < -0.4 is 0 Å². The van der Waals surface area contributed by atoms with Crippen LogP contribution in [-0.4, -0.2) is 0 Å². The van der Waals surface area contributed by atoms with E-state index in [4.69, 9.17) is 0 Å². The van der Waals surface area contributed by atoms with Crippen molar-refractivity contribution in [3.8, 4) is 0 Å². The molecule has 0 radical (unpaired) electrons. The fraction of sp³-hybridized carbons (Fsp3) is 1.00. The summed E-state index contributed by atoms with van der Waals surface area (Å²) in [5.74, 6) is 0.998. The van der Waals surface area contributed by atoms with Crippen LogP contribution in [0, 0.1) is 11.3 Å². The number of rotatable bonds is 6. The van der Waals surface area contributed by atoms with Crippen LogP contribution in [0.5, 0.6) is 0 Å². The zero-order valence-electron chi connectivity index (χ0n) is 11.1. The maximum Gasteiger partial charge on any atom is -0.0326 e. The van der Waals surface area contributed by atoms with Gasteiger partial charge in [-0.3, -0.25) is 0 Å². The first-order chi connectivity index (χ1) is 7.16. The van der Waals surface area contributed by atoms with Crippen LogP contribution in [0.4, 0.5) is 0 Å². The predicted octanol–water partition coefficient (Wildman–Crippen LogP) is 5.56. The van der Waals surface area contributed by atoms with Crippen molar-refractivity contribution in [1.82, 2.24) is 0 Å². The number of hydrogen-bond acceptors (Lipinski definition) is 0. The third-order valence-corrected chi connectivity index (χ3v) is 4.37. The monoisotopic (exact) mass is 210 g/mol.